The van der Waals surface area contributed by atoms with Crippen LogP contribution in [0.15, 0.2) is 6.07 Å². The van der Waals surface area contributed by atoms with Crippen LogP contribution < -0.4 is 0 Å². The molecule has 0 atom stereocenters. The Morgan fingerprint density at radius 2 is 2.17 bits per heavy atom. The Morgan fingerprint density at radius 1 is 1.44 bits per heavy atom. The third-order valence-corrected chi connectivity index (χ3v) is 3.70. The van der Waals surface area contributed by atoms with Crippen LogP contribution in [0.1, 0.15) is 45.0 Å². The molecule has 4 heteroatoms. The quantitative estimate of drug-likeness (QED) is 0.841. The van der Waals surface area contributed by atoms with Gasteiger partial charge in [0.2, 0.25) is 0 Å². The molecule has 0 spiro atoms. The minimum Gasteiger partial charge on any atom is -0.389 e. The van der Waals surface area contributed by atoms with E-state index in [1.54, 1.807) is 0 Å². The summed E-state index contributed by atoms with van der Waals surface area (Å²) in [5.74, 6) is 0. The van der Waals surface area contributed by atoms with E-state index in [2.05, 4.69) is 25.0 Å². The van der Waals surface area contributed by atoms with Gasteiger partial charge >= 0.3 is 0 Å². The number of hydrogen-bond acceptors (Lipinski definition) is 3. The molecule has 4 nitrogen and oxygen atoms in total. The van der Waals surface area contributed by atoms with Gasteiger partial charge in [-0.05, 0) is 26.3 Å². The van der Waals surface area contributed by atoms with Crippen LogP contribution in [0.5, 0.6) is 0 Å². The van der Waals surface area contributed by atoms with Crippen LogP contribution in [0.4, 0.5) is 0 Å². The van der Waals surface area contributed by atoms with Gasteiger partial charge in [0.15, 0.2) is 0 Å². The first-order valence-corrected chi connectivity index (χ1v) is 6.99. The molecule has 0 radical (unpaired) electrons. The number of aliphatic hydroxyl groups is 1. The molecule has 0 bridgehead atoms. The predicted octanol–water partition coefficient (Wildman–Crippen LogP) is 1.94. The number of aromatic nitrogens is 2. The molecule has 0 aliphatic heterocycles. The maximum atomic E-state index is 10.4. The lowest BCUT2D eigenvalue weighted by Crippen LogP contribution is -2.50. The Labute approximate surface area is 109 Å². The minimum atomic E-state index is -0.586. The van der Waals surface area contributed by atoms with Crippen LogP contribution in [0.25, 0.3) is 0 Å². The zero-order chi connectivity index (χ0) is 13.2. The zero-order valence-electron chi connectivity index (χ0n) is 11.6. The summed E-state index contributed by atoms with van der Waals surface area (Å²) in [6.45, 7) is 7.78. The highest BCUT2D eigenvalue weighted by atomic mass is 16.5. The first kappa shape index (κ1) is 13.6. The lowest BCUT2D eigenvalue weighted by atomic mass is 9.74. The van der Waals surface area contributed by atoms with Crippen molar-refractivity contribution in [3.63, 3.8) is 0 Å². The van der Waals surface area contributed by atoms with Gasteiger partial charge in [-0.25, -0.2) is 0 Å². The van der Waals surface area contributed by atoms with Crippen molar-refractivity contribution in [2.75, 3.05) is 6.61 Å². The standard InChI is InChI=1S/C14H24N2O2/c1-4-11-7-12(16(5-2)15-11)8-14(17)9-13(10-14)18-6-3/h7,13,17H,4-6,8-10H2,1-3H3. The monoisotopic (exact) mass is 252 g/mol. The second-order valence-corrected chi connectivity index (χ2v) is 5.18. The number of hydrogen-bond donors (Lipinski definition) is 1. The highest BCUT2D eigenvalue weighted by Crippen LogP contribution is 2.37. The van der Waals surface area contributed by atoms with Crippen molar-refractivity contribution in [2.45, 2.75) is 64.7 Å². The molecule has 18 heavy (non-hydrogen) atoms. The SMILES string of the molecule is CCOC1CC(O)(Cc2cc(CC)nn2CC)C1. The lowest BCUT2D eigenvalue weighted by molar-refractivity contribution is -0.137. The molecule has 1 aromatic rings. The van der Waals surface area contributed by atoms with Crippen LogP contribution in [-0.2, 0) is 24.1 Å². The molecule has 1 N–H and O–H groups in total. The van der Waals surface area contributed by atoms with Crippen molar-refractivity contribution in [1.82, 2.24) is 9.78 Å². The summed E-state index contributed by atoms with van der Waals surface area (Å²) in [6.07, 6.45) is 3.37. The van der Waals surface area contributed by atoms with Crippen LogP contribution in [-0.4, -0.2) is 33.2 Å². The van der Waals surface area contributed by atoms with Crippen LogP contribution in [0.3, 0.4) is 0 Å². The predicted molar refractivity (Wildman–Crippen MR) is 70.6 cm³/mol. The molecule has 2 rings (SSSR count). The molecular formula is C14H24N2O2. The van der Waals surface area contributed by atoms with E-state index in [1.165, 1.54) is 0 Å². The largest absolute Gasteiger partial charge is 0.389 e. The van der Waals surface area contributed by atoms with Gasteiger partial charge in [0, 0.05) is 38.1 Å². The summed E-state index contributed by atoms with van der Waals surface area (Å²) in [5.41, 5.74) is 1.67. The Kier molecular flexibility index (Phi) is 4.07. The van der Waals surface area contributed by atoms with E-state index in [1.807, 2.05) is 11.6 Å². The van der Waals surface area contributed by atoms with E-state index < -0.39 is 5.60 Å². The first-order valence-electron chi connectivity index (χ1n) is 6.99. The molecule has 1 aromatic heterocycles. The molecule has 0 unspecified atom stereocenters. The molecule has 102 valence electrons. The fraction of sp³-hybridized carbons (Fsp3) is 0.786. The van der Waals surface area contributed by atoms with E-state index in [4.69, 9.17) is 4.74 Å². The lowest BCUT2D eigenvalue weighted by Gasteiger charge is -2.43. The fourth-order valence-corrected chi connectivity index (χ4v) is 2.73. The van der Waals surface area contributed by atoms with Crippen molar-refractivity contribution in [3.05, 3.63) is 17.5 Å². The molecule has 1 heterocycles. The molecule has 0 amide bonds. The van der Waals surface area contributed by atoms with Gasteiger partial charge in [-0.1, -0.05) is 6.92 Å². The average Bonchev–Trinajstić information content (AvgIpc) is 2.69. The summed E-state index contributed by atoms with van der Waals surface area (Å²) in [7, 11) is 0. The maximum absolute atomic E-state index is 10.4. The first-order chi connectivity index (χ1) is 8.60. The second kappa shape index (κ2) is 5.41. The number of aryl methyl sites for hydroxylation is 2. The van der Waals surface area contributed by atoms with E-state index in [9.17, 15) is 5.11 Å². The van der Waals surface area contributed by atoms with Crippen molar-refractivity contribution in [1.29, 1.82) is 0 Å². The van der Waals surface area contributed by atoms with E-state index in [0.717, 1.165) is 43.8 Å². The highest BCUT2D eigenvalue weighted by molar-refractivity contribution is 5.15. The Hall–Kier alpha value is -0.870. The average molecular weight is 252 g/mol. The van der Waals surface area contributed by atoms with Gasteiger partial charge in [0.1, 0.15) is 0 Å². The Balaban J connectivity index is 1.99. The van der Waals surface area contributed by atoms with E-state index >= 15 is 0 Å². The topological polar surface area (TPSA) is 47.3 Å². The molecular weight excluding hydrogens is 228 g/mol. The van der Waals surface area contributed by atoms with E-state index in [-0.39, 0.29) is 6.10 Å². The van der Waals surface area contributed by atoms with Gasteiger partial charge in [0.05, 0.1) is 17.4 Å². The second-order valence-electron chi connectivity index (χ2n) is 5.18. The Bertz CT molecular complexity index is 394. The fourth-order valence-electron chi connectivity index (χ4n) is 2.73. The molecule has 1 fully saturated rings. The van der Waals surface area contributed by atoms with E-state index in [0.29, 0.717) is 6.42 Å². The van der Waals surface area contributed by atoms with Crippen LogP contribution in [0, 0.1) is 0 Å². The molecule has 1 saturated carbocycles. The maximum Gasteiger partial charge on any atom is 0.0752 e. The third-order valence-electron chi connectivity index (χ3n) is 3.70. The number of rotatable bonds is 6. The summed E-state index contributed by atoms with van der Waals surface area (Å²) in [6, 6.07) is 2.12. The van der Waals surface area contributed by atoms with Crippen LogP contribution >= 0.6 is 0 Å². The van der Waals surface area contributed by atoms with Crippen molar-refractivity contribution in [3.8, 4) is 0 Å². The number of ether oxygens (including phenoxy) is 1. The molecule has 0 aromatic carbocycles. The zero-order valence-corrected chi connectivity index (χ0v) is 11.6. The third kappa shape index (κ3) is 2.75. The van der Waals surface area contributed by atoms with Crippen molar-refractivity contribution in [2.24, 2.45) is 0 Å². The molecule has 0 saturated heterocycles. The van der Waals surface area contributed by atoms with Crippen molar-refractivity contribution >= 4 is 0 Å². The smallest absolute Gasteiger partial charge is 0.0752 e. The summed E-state index contributed by atoms with van der Waals surface area (Å²) in [5, 5.41) is 15.0. The normalized spacial score (nSPS) is 27.2. The molecule has 1 aliphatic carbocycles. The minimum absolute atomic E-state index is 0.239. The van der Waals surface area contributed by atoms with Gasteiger partial charge in [-0.2, -0.15) is 5.10 Å². The molecule has 1 aliphatic rings. The highest BCUT2D eigenvalue weighted by Gasteiger charge is 2.43. The van der Waals surface area contributed by atoms with Gasteiger partial charge < -0.3 is 9.84 Å². The van der Waals surface area contributed by atoms with Gasteiger partial charge in [0.25, 0.3) is 0 Å². The summed E-state index contributed by atoms with van der Waals surface area (Å²) in [4.78, 5) is 0. The van der Waals surface area contributed by atoms with Gasteiger partial charge in [-0.3, -0.25) is 4.68 Å². The van der Waals surface area contributed by atoms with Crippen molar-refractivity contribution < 1.29 is 9.84 Å². The summed E-state index contributed by atoms with van der Waals surface area (Å²) >= 11 is 0. The number of nitrogens with zero attached hydrogens (tertiary/aromatic N) is 2. The van der Waals surface area contributed by atoms with Gasteiger partial charge in [-0.15, -0.1) is 0 Å². The summed E-state index contributed by atoms with van der Waals surface area (Å²) < 4.78 is 7.52. The van der Waals surface area contributed by atoms with Crippen LogP contribution in [0.2, 0.25) is 0 Å². The Morgan fingerprint density at radius 3 is 2.72 bits per heavy atom.